The Kier molecular flexibility index (Phi) is 3.94. The van der Waals surface area contributed by atoms with Crippen LogP contribution in [-0.4, -0.2) is 15.6 Å². The first kappa shape index (κ1) is 13.3. The molecule has 1 heterocycles. The van der Waals surface area contributed by atoms with Gasteiger partial charge in [-0.1, -0.05) is 6.92 Å². The number of carbonyl (C=O) groups is 1. The summed E-state index contributed by atoms with van der Waals surface area (Å²) in [6.07, 6.45) is 4.21. The van der Waals surface area contributed by atoms with Crippen LogP contribution in [0.25, 0.3) is 0 Å². The van der Waals surface area contributed by atoms with Crippen LogP contribution < -0.4 is 4.74 Å². The molecule has 0 N–H and O–H groups in total. The zero-order chi connectivity index (χ0) is 13.8. The number of ketones is 1. The SMILES string of the molecule is CCCn1cc(Oc2ccc(C(C)=O)cc2F)cn1. The number of nitrogens with zero attached hydrogens (tertiary/aromatic N) is 2. The average molecular weight is 262 g/mol. The zero-order valence-corrected chi connectivity index (χ0v) is 10.9. The van der Waals surface area contributed by atoms with Gasteiger partial charge in [-0.15, -0.1) is 0 Å². The Labute approximate surface area is 110 Å². The minimum absolute atomic E-state index is 0.0843. The number of benzene rings is 1. The summed E-state index contributed by atoms with van der Waals surface area (Å²) in [5, 5.41) is 4.09. The molecule has 0 fully saturated rings. The maximum atomic E-state index is 13.7. The molecule has 0 aliphatic heterocycles. The van der Waals surface area contributed by atoms with E-state index in [1.165, 1.54) is 31.3 Å². The highest BCUT2D eigenvalue weighted by molar-refractivity contribution is 5.94. The monoisotopic (exact) mass is 262 g/mol. The number of carbonyl (C=O) groups excluding carboxylic acids is 1. The molecule has 1 aromatic carbocycles. The Morgan fingerprint density at radius 1 is 1.47 bits per heavy atom. The van der Waals surface area contributed by atoms with E-state index in [1.807, 2.05) is 6.92 Å². The maximum Gasteiger partial charge on any atom is 0.166 e. The van der Waals surface area contributed by atoms with Gasteiger partial charge in [0.15, 0.2) is 23.1 Å². The van der Waals surface area contributed by atoms with E-state index in [9.17, 15) is 9.18 Å². The second kappa shape index (κ2) is 5.65. The number of Topliss-reactive ketones (excluding diaryl/α,β-unsaturated/α-hetero) is 1. The van der Waals surface area contributed by atoms with E-state index < -0.39 is 5.82 Å². The quantitative estimate of drug-likeness (QED) is 0.775. The number of hydrogen-bond acceptors (Lipinski definition) is 3. The lowest BCUT2D eigenvalue weighted by molar-refractivity contribution is 0.101. The van der Waals surface area contributed by atoms with Crippen LogP contribution in [0.3, 0.4) is 0 Å². The summed E-state index contributed by atoms with van der Waals surface area (Å²) >= 11 is 0. The molecule has 19 heavy (non-hydrogen) atoms. The van der Waals surface area contributed by atoms with Crippen LogP contribution in [0.4, 0.5) is 4.39 Å². The molecule has 0 aliphatic carbocycles. The molecule has 0 spiro atoms. The van der Waals surface area contributed by atoms with Gasteiger partial charge in [-0.2, -0.15) is 5.10 Å². The summed E-state index contributed by atoms with van der Waals surface area (Å²) in [5.74, 6) is -0.180. The van der Waals surface area contributed by atoms with Gasteiger partial charge >= 0.3 is 0 Å². The third-order valence-corrected chi connectivity index (χ3v) is 2.63. The maximum absolute atomic E-state index is 13.7. The van der Waals surface area contributed by atoms with E-state index >= 15 is 0 Å². The van der Waals surface area contributed by atoms with Crippen molar-refractivity contribution in [2.75, 3.05) is 0 Å². The minimum Gasteiger partial charge on any atom is -0.451 e. The lowest BCUT2D eigenvalue weighted by Crippen LogP contribution is -1.96. The third-order valence-electron chi connectivity index (χ3n) is 2.63. The van der Waals surface area contributed by atoms with Crippen LogP contribution >= 0.6 is 0 Å². The standard InChI is InChI=1S/C14H15FN2O2/c1-3-6-17-9-12(8-16-17)19-14-5-4-11(10(2)18)7-13(14)15/h4-5,7-9H,3,6H2,1-2H3. The van der Waals surface area contributed by atoms with Crippen LogP contribution in [-0.2, 0) is 6.54 Å². The Bertz CT molecular complexity index is 593. The molecule has 2 aromatic rings. The van der Waals surface area contributed by atoms with Crippen molar-refractivity contribution in [3.8, 4) is 11.5 Å². The first-order valence-electron chi connectivity index (χ1n) is 6.11. The summed E-state index contributed by atoms with van der Waals surface area (Å²) in [7, 11) is 0. The van der Waals surface area contributed by atoms with Crippen LogP contribution in [0.5, 0.6) is 11.5 Å². The fourth-order valence-corrected chi connectivity index (χ4v) is 1.68. The van der Waals surface area contributed by atoms with Gasteiger partial charge in [0.05, 0.1) is 12.4 Å². The van der Waals surface area contributed by atoms with Crippen molar-refractivity contribution in [1.29, 1.82) is 0 Å². The average Bonchev–Trinajstić information content (AvgIpc) is 2.79. The molecule has 0 unspecified atom stereocenters. The minimum atomic E-state index is -0.559. The topological polar surface area (TPSA) is 44.1 Å². The van der Waals surface area contributed by atoms with Crippen molar-refractivity contribution in [2.45, 2.75) is 26.8 Å². The molecule has 100 valence electrons. The second-order valence-electron chi connectivity index (χ2n) is 4.24. The third kappa shape index (κ3) is 3.19. The normalized spacial score (nSPS) is 10.5. The van der Waals surface area contributed by atoms with E-state index in [0.717, 1.165) is 13.0 Å². The molecule has 0 saturated carbocycles. The van der Waals surface area contributed by atoms with Crippen LogP contribution in [0.15, 0.2) is 30.6 Å². The summed E-state index contributed by atoms with van der Waals surface area (Å²) in [6.45, 7) is 4.22. The smallest absolute Gasteiger partial charge is 0.166 e. The van der Waals surface area contributed by atoms with Crippen molar-refractivity contribution in [3.05, 3.63) is 42.0 Å². The molecular weight excluding hydrogens is 247 g/mol. The van der Waals surface area contributed by atoms with Gasteiger partial charge < -0.3 is 4.74 Å². The fraction of sp³-hybridized carbons (Fsp3) is 0.286. The van der Waals surface area contributed by atoms with E-state index in [0.29, 0.717) is 11.3 Å². The number of aromatic nitrogens is 2. The molecule has 0 radical (unpaired) electrons. The Morgan fingerprint density at radius 2 is 2.26 bits per heavy atom. The van der Waals surface area contributed by atoms with E-state index in [-0.39, 0.29) is 11.5 Å². The molecule has 0 bridgehead atoms. The largest absolute Gasteiger partial charge is 0.451 e. The van der Waals surface area contributed by atoms with Crippen molar-refractivity contribution in [1.82, 2.24) is 9.78 Å². The Morgan fingerprint density at radius 3 is 2.89 bits per heavy atom. The highest BCUT2D eigenvalue weighted by atomic mass is 19.1. The molecule has 5 heteroatoms. The molecule has 0 amide bonds. The first-order valence-corrected chi connectivity index (χ1v) is 6.11. The second-order valence-corrected chi connectivity index (χ2v) is 4.24. The summed E-state index contributed by atoms with van der Waals surface area (Å²) < 4.78 is 20.9. The molecule has 1 aromatic heterocycles. The van der Waals surface area contributed by atoms with Gasteiger partial charge in [0.1, 0.15) is 0 Å². The predicted molar refractivity (Wildman–Crippen MR) is 69.0 cm³/mol. The van der Waals surface area contributed by atoms with Gasteiger partial charge in [0.25, 0.3) is 0 Å². The van der Waals surface area contributed by atoms with Gasteiger partial charge in [-0.05, 0) is 31.5 Å². The van der Waals surface area contributed by atoms with Gasteiger partial charge in [-0.25, -0.2) is 4.39 Å². The van der Waals surface area contributed by atoms with Crippen molar-refractivity contribution in [3.63, 3.8) is 0 Å². The van der Waals surface area contributed by atoms with Crippen molar-refractivity contribution < 1.29 is 13.9 Å². The summed E-state index contributed by atoms with van der Waals surface area (Å²) in [5.41, 5.74) is 0.325. The highest BCUT2D eigenvalue weighted by Gasteiger charge is 2.09. The molecule has 0 atom stereocenters. The number of aryl methyl sites for hydroxylation is 1. The van der Waals surface area contributed by atoms with Crippen LogP contribution in [0.1, 0.15) is 30.6 Å². The number of rotatable bonds is 5. The fourth-order valence-electron chi connectivity index (χ4n) is 1.68. The summed E-state index contributed by atoms with van der Waals surface area (Å²) in [6, 6.07) is 4.16. The van der Waals surface area contributed by atoms with E-state index in [4.69, 9.17) is 4.74 Å². The molecular formula is C14H15FN2O2. The van der Waals surface area contributed by atoms with Gasteiger partial charge in [-0.3, -0.25) is 9.48 Å². The zero-order valence-electron chi connectivity index (χ0n) is 10.9. The lowest BCUT2D eigenvalue weighted by atomic mass is 10.1. The van der Waals surface area contributed by atoms with Gasteiger partial charge in [0.2, 0.25) is 0 Å². The molecule has 2 rings (SSSR count). The Hall–Kier alpha value is -2.17. The predicted octanol–water partition coefficient (Wildman–Crippen LogP) is 3.43. The van der Waals surface area contributed by atoms with Crippen molar-refractivity contribution >= 4 is 5.78 Å². The molecule has 0 saturated heterocycles. The van der Waals surface area contributed by atoms with Crippen LogP contribution in [0, 0.1) is 5.82 Å². The summed E-state index contributed by atoms with van der Waals surface area (Å²) in [4.78, 5) is 11.1. The number of halogens is 1. The highest BCUT2D eigenvalue weighted by Crippen LogP contribution is 2.25. The van der Waals surface area contributed by atoms with Gasteiger partial charge in [0, 0.05) is 12.1 Å². The molecule has 4 nitrogen and oxygen atoms in total. The van der Waals surface area contributed by atoms with Crippen molar-refractivity contribution in [2.24, 2.45) is 0 Å². The first-order chi connectivity index (χ1) is 9.10. The number of hydrogen-bond donors (Lipinski definition) is 0. The van der Waals surface area contributed by atoms with E-state index in [2.05, 4.69) is 5.10 Å². The van der Waals surface area contributed by atoms with Crippen LogP contribution in [0.2, 0.25) is 0 Å². The number of ether oxygens (including phenoxy) is 1. The lowest BCUT2D eigenvalue weighted by Gasteiger charge is -2.05. The Balaban J connectivity index is 2.16. The van der Waals surface area contributed by atoms with E-state index in [1.54, 1.807) is 10.9 Å². The molecule has 0 aliphatic rings.